The number of aromatic nitrogens is 1. The van der Waals surface area contributed by atoms with Gasteiger partial charge in [0.25, 0.3) is 0 Å². The number of rotatable bonds is 9. The number of ether oxygens (including phenoxy) is 1. The zero-order valence-corrected chi connectivity index (χ0v) is 40.9. The van der Waals surface area contributed by atoms with Gasteiger partial charge in [0.05, 0.1) is 16.3 Å². The lowest BCUT2D eigenvalue weighted by Crippen LogP contribution is -2.14. The minimum Gasteiger partial charge on any atom is -0.457 e. The molecule has 4 heteroatoms. The number of thiophene rings is 1. The molecule has 67 heavy (non-hydrogen) atoms. The van der Waals surface area contributed by atoms with Gasteiger partial charge >= 0.3 is 0 Å². The highest BCUT2D eigenvalue weighted by molar-refractivity contribution is 7.20. The monoisotopic (exact) mass is 890 g/mol. The van der Waals surface area contributed by atoms with Crippen LogP contribution in [0.25, 0.3) is 54.9 Å². The van der Waals surface area contributed by atoms with Crippen molar-refractivity contribution in [1.29, 1.82) is 0 Å². The van der Waals surface area contributed by atoms with Crippen molar-refractivity contribution in [2.45, 2.75) is 78.6 Å². The lowest BCUT2D eigenvalue weighted by molar-refractivity contribution is 0.483. The second-order valence-electron chi connectivity index (χ2n) is 20.5. The fourth-order valence-corrected chi connectivity index (χ4v) is 9.62. The highest BCUT2D eigenvalue weighted by atomic mass is 32.1. The maximum absolute atomic E-state index is 6.48. The van der Waals surface area contributed by atoms with Crippen molar-refractivity contribution in [1.82, 2.24) is 4.98 Å². The summed E-state index contributed by atoms with van der Waals surface area (Å²) in [7, 11) is 0. The molecule has 7 aromatic carbocycles. The minimum absolute atomic E-state index is 0.0475. The Morgan fingerprint density at radius 1 is 0.448 bits per heavy atom. The van der Waals surface area contributed by atoms with Crippen molar-refractivity contribution in [3.63, 3.8) is 0 Å². The highest BCUT2D eigenvalue weighted by Crippen LogP contribution is 2.42. The van der Waals surface area contributed by atoms with Crippen molar-refractivity contribution in [3.8, 4) is 68.6 Å². The normalized spacial score (nSPS) is 11.9. The zero-order valence-electron chi connectivity index (χ0n) is 40.1. The first-order valence-electron chi connectivity index (χ1n) is 23.1. The first-order chi connectivity index (χ1) is 32.0. The van der Waals surface area contributed by atoms with Crippen LogP contribution in [0.15, 0.2) is 182 Å². The van der Waals surface area contributed by atoms with E-state index in [1.807, 2.05) is 24.3 Å². The minimum atomic E-state index is 0.0475. The summed E-state index contributed by atoms with van der Waals surface area (Å²) in [5.74, 6) is 4.40. The van der Waals surface area contributed by atoms with Gasteiger partial charge in [0.15, 0.2) is 0 Å². The van der Waals surface area contributed by atoms with Gasteiger partial charge in [-0.05, 0) is 141 Å². The van der Waals surface area contributed by atoms with E-state index in [1.54, 1.807) is 11.3 Å². The van der Waals surface area contributed by atoms with Crippen LogP contribution in [0, 0.1) is 12.3 Å². The molecule has 9 rings (SSSR count). The summed E-state index contributed by atoms with van der Waals surface area (Å²) in [5, 5.41) is 1.16. The molecule has 2 aromatic heterocycles. The quantitative estimate of drug-likeness (QED) is 0.135. The molecule has 0 spiro atoms. The number of terminal acetylenes is 1. The summed E-state index contributed by atoms with van der Waals surface area (Å²) in [6.07, 6.45) is 5.99. The third kappa shape index (κ3) is 9.71. The van der Waals surface area contributed by atoms with E-state index >= 15 is 0 Å². The van der Waals surface area contributed by atoms with Crippen molar-refractivity contribution < 1.29 is 4.74 Å². The molecule has 0 aliphatic carbocycles. The van der Waals surface area contributed by atoms with Crippen LogP contribution >= 0.6 is 11.3 Å². The number of pyridine rings is 1. The lowest BCUT2D eigenvalue weighted by Gasteiger charge is -2.28. The molecule has 9 aromatic rings. The summed E-state index contributed by atoms with van der Waals surface area (Å²) >= 11 is 1.65. The van der Waals surface area contributed by atoms with Gasteiger partial charge in [-0.1, -0.05) is 159 Å². The Labute approximate surface area is 401 Å². The van der Waals surface area contributed by atoms with Crippen molar-refractivity contribution >= 4 is 38.5 Å². The molecule has 0 aliphatic rings. The lowest BCUT2D eigenvalue weighted by atomic mass is 9.86. The molecule has 2 heterocycles. The maximum atomic E-state index is 6.48. The number of hydrogen-bond donors (Lipinski definition) is 0. The van der Waals surface area contributed by atoms with E-state index < -0.39 is 0 Å². The van der Waals surface area contributed by atoms with Gasteiger partial charge in [0.1, 0.15) is 11.5 Å². The molecule has 332 valence electrons. The van der Waals surface area contributed by atoms with Crippen LogP contribution < -0.4 is 9.64 Å². The number of anilines is 3. The van der Waals surface area contributed by atoms with Crippen molar-refractivity contribution in [2.24, 2.45) is 0 Å². The summed E-state index contributed by atoms with van der Waals surface area (Å²) in [6.45, 7) is 20.3. The average Bonchev–Trinajstić information content (AvgIpc) is 3.71. The van der Waals surface area contributed by atoms with Gasteiger partial charge in [-0.2, -0.15) is 0 Å². The summed E-state index contributed by atoms with van der Waals surface area (Å²) in [6, 6.07) is 65.0. The largest absolute Gasteiger partial charge is 0.457 e. The molecule has 0 amide bonds. The van der Waals surface area contributed by atoms with Crippen LogP contribution in [0.4, 0.5) is 17.1 Å². The molecule has 0 saturated heterocycles. The Morgan fingerprint density at radius 2 is 0.910 bits per heavy atom. The van der Waals surface area contributed by atoms with Gasteiger partial charge < -0.3 is 9.64 Å². The van der Waals surface area contributed by atoms with Gasteiger partial charge in [-0.15, -0.1) is 17.8 Å². The van der Waals surface area contributed by atoms with Gasteiger partial charge in [-0.25, -0.2) is 4.98 Å². The van der Waals surface area contributed by atoms with E-state index in [4.69, 9.17) is 16.1 Å². The second-order valence-corrected chi connectivity index (χ2v) is 21.6. The topological polar surface area (TPSA) is 25.4 Å². The van der Waals surface area contributed by atoms with Crippen LogP contribution in [0.2, 0.25) is 0 Å². The summed E-state index contributed by atoms with van der Waals surface area (Å²) in [4.78, 5) is 8.56. The van der Waals surface area contributed by atoms with Gasteiger partial charge in [0.2, 0.25) is 0 Å². The van der Waals surface area contributed by atoms with Crippen LogP contribution in [0.5, 0.6) is 11.5 Å². The fourth-order valence-electron chi connectivity index (χ4n) is 8.58. The van der Waals surface area contributed by atoms with Crippen LogP contribution in [0.3, 0.4) is 0 Å². The molecule has 0 fully saturated rings. The smallest absolute Gasteiger partial charge is 0.128 e. The summed E-state index contributed by atoms with van der Waals surface area (Å²) < 4.78 is 7.66. The fraction of sp³-hybridized carbons (Fsp3) is 0.190. The Balaban J connectivity index is 1.06. The Bertz CT molecular complexity index is 3160. The van der Waals surface area contributed by atoms with Gasteiger partial charge in [0, 0.05) is 43.8 Å². The standard InChI is InChI=1S/C63H58N2OS/c1-11-58-60(55-17-12-13-18-59(55)67-58)45-15-14-16-54(39-45)66-53-37-23-44(24-38-53)57-41-46(40-56(64-57)43-19-25-47(26-20-43)61(2,3)4)42-21-31-50(32-22-42)65(51-33-27-48(28-34-51)62(5,6)7)52-35-29-49(30-36-52)63(8,9)10/h1,12-41H,2-10H3. The molecular weight excluding hydrogens is 833 g/mol. The number of hydrogen-bond acceptors (Lipinski definition) is 4. The molecule has 0 bridgehead atoms. The Morgan fingerprint density at radius 3 is 1.42 bits per heavy atom. The van der Waals surface area contributed by atoms with Gasteiger partial charge in [-0.3, -0.25) is 0 Å². The second kappa shape index (κ2) is 17.9. The molecule has 0 aliphatic heterocycles. The van der Waals surface area contributed by atoms with Crippen LogP contribution in [-0.2, 0) is 16.2 Å². The van der Waals surface area contributed by atoms with E-state index in [2.05, 4.69) is 231 Å². The molecule has 0 N–H and O–H groups in total. The highest BCUT2D eigenvalue weighted by Gasteiger charge is 2.20. The Kier molecular flexibility index (Phi) is 12.0. The van der Waals surface area contributed by atoms with E-state index in [9.17, 15) is 0 Å². The van der Waals surface area contributed by atoms with Crippen molar-refractivity contribution in [3.05, 3.63) is 204 Å². The first kappa shape index (κ1) is 45.0. The van der Waals surface area contributed by atoms with Crippen LogP contribution in [-0.4, -0.2) is 4.98 Å². The van der Waals surface area contributed by atoms with Crippen molar-refractivity contribution in [2.75, 3.05) is 4.90 Å². The molecule has 0 saturated carbocycles. The van der Waals surface area contributed by atoms with E-state index in [0.717, 1.165) is 83.6 Å². The third-order valence-electron chi connectivity index (χ3n) is 12.5. The SMILES string of the molecule is C#Cc1sc2ccccc2c1-c1cccc(Oc2ccc(-c3cc(-c4ccc(N(c5ccc(C(C)(C)C)cc5)c5ccc(C(C)(C)C)cc5)cc4)cc(-c4ccc(C(C)(C)C)cc4)n3)cc2)c1. The average molecular weight is 891 g/mol. The maximum Gasteiger partial charge on any atom is 0.128 e. The summed E-state index contributed by atoms with van der Waals surface area (Å²) in [5.41, 5.74) is 15.6. The third-order valence-corrected chi connectivity index (χ3v) is 13.7. The number of benzene rings is 7. The number of fused-ring (bicyclic) bond motifs is 1. The van der Waals surface area contributed by atoms with E-state index in [0.29, 0.717) is 0 Å². The van der Waals surface area contributed by atoms with E-state index in [1.165, 1.54) is 21.4 Å². The zero-order chi connectivity index (χ0) is 47.1. The van der Waals surface area contributed by atoms with E-state index in [-0.39, 0.29) is 16.2 Å². The van der Waals surface area contributed by atoms with Crippen LogP contribution in [0.1, 0.15) is 83.9 Å². The molecule has 0 atom stereocenters. The Hall–Kier alpha value is -7.19. The molecule has 0 radical (unpaired) electrons. The molecule has 3 nitrogen and oxygen atoms in total. The predicted octanol–water partition coefficient (Wildman–Crippen LogP) is 18.1. The molecule has 0 unspecified atom stereocenters. The predicted molar refractivity (Wildman–Crippen MR) is 287 cm³/mol. The first-order valence-corrected chi connectivity index (χ1v) is 23.9. The molecular formula is C63H58N2OS. The number of nitrogens with zero attached hydrogens (tertiary/aromatic N) is 2.